The largest absolute Gasteiger partial charge is 0.491 e. The number of rotatable bonds is 12. The van der Waals surface area contributed by atoms with Gasteiger partial charge in [-0.2, -0.15) is 4.98 Å². The van der Waals surface area contributed by atoms with Crippen LogP contribution in [0.15, 0.2) is 77.8 Å². The first-order valence-corrected chi connectivity index (χ1v) is 28.0. The molecule has 1 saturated carbocycles. The molecule has 20 nitrogen and oxygen atoms in total. The van der Waals surface area contributed by atoms with Crippen molar-refractivity contribution in [1.29, 1.82) is 0 Å². The number of likely N-dealkylation sites (tertiary alicyclic amines) is 1. The van der Waals surface area contributed by atoms with Gasteiger partial charge in [-0.25, -0.2) is 13.1 Å². The summed E-state index contributed by atoms with van der Waals surface area (Å²) in [6.45, 7) is 10.9. The number of nitro groups is 1. The number of pyridine rings is 1. The molecule has 75 heavy (non-hydrogen) atoms. The van der Waals surface area contributed by atoms with Gasteiger partial charge in [0.25, 0.3) is 21.6 Å². The van der Waals surface area contributed by atoms with E-state index >= 15 is 0 Å². The van der Waals surface area contributed by atoms with E-state index in [1.807, 2.05) is 30.3 Å². The lowest BCUT2D eigenvalue weighted by Crippen LogP contribution is -2.57. The van der Waals surface area contributed by atoms with Crippen LogP contribution >= 0.6 is 0 Å². The minimum atomic E-state index is -4.71. The van der Waals surface area contributed by atoms with Gasteiger partial charge in [-0.05, 0) is 94.2 Å². The molecule has 21 heteroatoms. The van der Waals surface area contributed by atoms with Gasteiger partial charge in [-0.1, -0.05) is 18.2 Å². The lowest BCUT2D eigenvalue weighted by atomic mass is 9.59. The van der Waals surface area contributed by atoms with Gasteiger partial charge in [0.15, 0.2) is 11.4 Å². The van der Waals surface area contributed by atoms with Crippen LogP contribution in [0.1, 0.15) is 74.3 Å². The number of nitrogens with zero attached hydrogens (tertiary/aromatic N) is 6. The number of amides is 1. The zero-order valence-electron chi connectivity index (χ0n) is 42.2. The number of aromatic amines is 1. The highest BCUT2D eigenvalue weighted by molar-refractivity contribution is 7.90. The lowest BCUT2D eigenvalue weighted by molar-refractivity contribution is -0.384. The summed E-state index contributed by atoms with van der Waals surface area (Å²) < 4.78 is 67.7. The third-order valence-corrected chi connectivity index (χ3v) is 18.3. The Balaban J connectivity index is 0.780. The SMILES string of the molecule is CC(C)Oc1ccccc1[C@@H]1COCCN1C1CC2(CCN(c3ccc(C(=O)NS(=O)(=O)c4cc5c(c([N+](=O)[O-])c4)N[C@@H](CN4C[C@@H]6C[C@H]4CO6)CO5)c(N4c5cc6cc[nH]c6nc5O[C@H]5COCC[C@@H]54)c3)CC2)C1. The Bertz CT molecular complexity index is 3140. The maximum atomic E-state index is 14.9. The molecule has 8 aliphatic rings. The summed E-state index contributed by atoms with van der Waals surface area (Å²) in [7, 11) is -4.71. The van der Waals surface area contributed by atoms with Crippen molar-refractivity contribution in [2.24, 2.45) is 5.41 Å². The molecule has 3 N–H and O–H groups in total. The molecule has 0 unspecified atom stereocenters. The third kappa shape index (κ3) is 8.97. The van der Waals surface area contributed by atoms with Crippen molar-refractivity contribution in [3.8, 4) is 17.4 Å². The van der Waals surface area contributed by atoms with E-state index in [0.29, 0.717) is 74.9 Å². The summed E-state index contributed by atoms with van der Waals surface area (Å²) in [6, 6.07) is 20.3. The monoisotopic (exact) mass is 1050 g/mol. The molecule has 6 fully saturated rings. The number of piperidine rings is 1. The number of nitrogens with one attached hydrogen (secondary N) is 3. The van der Waals surface area contributed by atoms with E-state index in [4.69, 9.17) is 33.4 Å². The zero-order valence-corrected chi connectivity index (χ0v) is 43.0. The third-order valence-electron chi connectivity index (χ3n) is 16.9. The van der Waals surface area contributed by atoms with E-state index in [1.165, 1.54) is 11.6 Å². The predicted molar refractivity (Wildman–Crippen MR) is 278 cm³/mol. The minimum absolute atomic E-state index is 0.0210. The second kappa shape index (κ2) is 19.1. The number of fused-ring (bicyclic) bond motifs is 6. The van der Waals surface area contributed by atoms with Gasteiger partial charge < -0.3 is 48.5 Å². The van der Waals surface area contributed by atoms with Crippen LogP contribution < -0.4 is 34.0 Å². The number of hydrogen-bond acceptors (Lipinski definition) is 17. The van der Waals surface area contributed by atoms with Gasteiger partial charge in [0.05, 0.1) is 77.8 Å². The van der Waals surface area contributed by atoms with Crippen LogP contribution in [0.4, 0.5) is 28.4 Å². The van der Waals surface area contributed by atoms with E-state index in [9.17, 15) is 23.3 Å². The number of benzene rings is 3. The van der Waals surface area contributed by atoms with E-state index in [2.05, 4.69) is 66.7 Å². The van der Waals surface area contributed by atoms with Crippen LogP contribution in [0.25, 0.3) is 11.0 Å². The smallest absolute Gasteiger partial charge is 0.297 e. The molecular weight excluding hydrogens is 983 g/mol. The number of aromatic nitrogens is 2. The fourth-order valence-electron chi connectivity index (χ4n) is 13.2. The van der Waals surface area contributed by atoms with Crippen molar-refractivity contribution in [2.45, 2.75) is 106 Å². The first-order valence-electron chi connectivity index (χ1n) is 26.5. The molecule has 396 valence electrons. The van der Waals surface area contributed by atoms with Gasteiger partial charge in [-0.15, -0.1) is 0 Å². The van der Waals surface area contributed by atoms with Crippen molar-refractivity contribution in [3.63, 3.8) is 0 Å². The molecule has 6 atom stereocenters. The van der Waals surface area contributed by atoms with Crippen molar-refractivity contribution in [1.82, 2.24) is 24.5 Å². The van der Waals surface area contributed by atoms with Crippen molar-refractivity contribution in [3.05, 3.63) is 94.2 Å². The van der Waals surface area contributed by atoms with Gasteiger partial charge in [0.1, 0.15) is 29.8 Å². The average molecular weight is 1050 g/mol. The molecule has 2 bridgehead atoms. The number of carbonyl (C=O) groups is 1. The number of anilines is 4. The van der Waals surface area contributed by atoms with Gasteiger partial charge >= 0.3 is 0 Å². The number of carbonyl (C=O) groups excluding carboxylic acids is 1. The maximum absolute atomic E-state index is 14.9. The number of para-hydroxylation sites is 1. The number of ether oxygens (including phenoxy) is 6. The molecular formula is C54H63N9O11S. The second-order valence-electron chi connectivity index (χ2n) is 21.9. The standard InChI is InChI=1S/C54H63N9O11S/c1-32(2)73-47-6-4-3-5-40(47)46-30-70-18-16-61(46)37-24-54(25-37)11-14-59(15-12-54)35-7-8-41(43(21-35)62-42-10-17-69-31-49(42)74-53-45(62)19-33-9-13-55-51(33)57-53)52(64)58-75(67,68)39-22-44(63(65)66)50-48(23-39)72-28-34(56-50)26-60-27-38-20-36(60)29-71-38/h3-9,13,19,21-23,32,34,36-38,42,46,49,56H,10-12,14-18,20,24-31H2,1-2H3,(H,55,57)(H,58,64)/t34-,36-,38-,42-,46-,49-/m0/s1. The number of H-pyrrole nitrogens is 1. The molecule has 5 saturated heterocycles. The summed E-state index contributed by atoms with van der Waals surface area (Å²) in [4.78, 5) is 43.8. The number of nitro benzene ring substituents is 1. The molecule has 9 heterocycles. The number of hydrogen-bond donors (Lipinski definition) is 3. The van der Waals surface area contributed by atoms with E-state index < -0.39 is 37.5 Å². The number of sulfonamides is 1. The molecule has 1 amide bonds. The van der Waals surface area contributed by atoms with Crippen molar-refractivity contribution in [2.75, 3.05) is 87.5 Å². The van der Waals surface area contributed by atoms with Crippen LogP contribution in [0.5, 0.6) is 17.4 Å². The molecule has 7 aliphatic heterocycles. The lowest BCUT2D eigenvalue weighted by Gasteiger charge is -2.57. The van der Waals surface area contributed by atoms with Crippen LogP contribution in [-0.4, -0.2) is 154 Å². The minimum Gasteiger partial charge on any atom is -0.491 e. The van der Waals surface area contributed by atoms with Crippen LogP contribution in [0.2, 0.25) is 0 Å². The van der Waals surface area contributed by atoms with E-state index in [-0.39, 0.29) is 65.4 Å². The Morgan fingerprint density at radius 3 is 2.61 bits per heavy atom. The zero-order chi connectivity index (χ0) is 51.2. The highest BCUT2D eigenvalue weighted by atomic mass is 32.2. The van der Waals surface area contributed by atoms with Crippen molar-refractivity contribution >= 4 is 55.4 Å². The average Bonchev–Trinajstić information content (AvgIpc) is 4.17. The molecule has 2 aromatic heterocycles. The molecule has 5 aromatic rings. The summed E-state index contributed by atoms with van der Waals surface area (Å²) in [6.07, 6.45) is 7.34. The fourth-order valence-corrected chi connectivity index (χ4v) is 14.2. The van der Waals surface area contributed by atoms with Crippen LogP contribution in [0, 0.1) is 15.5 Å². The Labute approximate surface area is 435 Å². The summed E-state index contributed by atoms with van der Waals surface area (Å²) >= 11 is 0. The van der Waals surface area contributed by atoms with E-state index in [1.54, 1.807) is 12.3 Å². The molecule has 3 aromatic carbocycles. The Kier molecular flexibility index (Phi) is 12.3. The Hall–Kier alpha value is -6.23. The summed E-state index contributed by atoms with van der Waals surface area (Å²) in [5, 5.41) is 16.7. The number of morpholine rings is 2. The summed E-state index contributed by atoms with van der Waals surface area (Å²) in [5.41, 5.74) is 3.76. The maximum Gasteiger partial charge on any atom is 0.297 e. The van der Waals surface area contributed by atoms with E-state index in [0.717, 1.165) is 81.2 Å². The molecule has 1 aliphatic carbocycles. The molecule has 13 rings (SSSR count). The van der Waals surface area contributed by atoms with Gasteiger partial charge in [0, 0.05) is 86.4 Å². The first-order chi connectivity index (χ1) is 36.3. The van der Waals surface area contributed by atoms with Crippen LogP contribution in [0.3, 0.4) is 0 Å². The topological polar surface area (TPSA) is 215 Å². The summed E-state index contributed by atoms with van der Waals surface area (Å²) in [5.74, 6) is 0.398. The normalized spacial score (nSPS) is 26.4. The second-order valence-corrected chi connectivity index (χ2v) is 23.6. The highest BCUT2D eigenvalue weighted by Crippen LogP contribution is 2.54. The Morgan fingerprint density at radius 1 is 0.973 bits per heavy atom. The van der Waals surface area contributed by atoms with Crippen molar-refractivity contribution < 1.29 is 46.6 Å². The fraction of sp³-hybridized carbons (Fsp3) is 0.519. The molecule has 1 spiro atoms. The first kappa shape index (κ1) is 48.4. The highest BCUT2D eigenvalue weighted by Gasteiger charge is 2.50. The van der Waals surface area contributed by atoms with Gasteiger partial charge in [-0.3, -0.25) is 24.7 Å². The molecule has 0 radical (unpaired) electrons. The quantitative estimate of drug-likeness (QED) is 0.0894. The Morgan fingerprint density at radius 2 is 1.81 bits per heavy atom. The predicted octanol–water partition coefficient (Wildman–Crippen LogP) is 6.53. The van der Waals surface area contributed by atoms with Gasteiger partial charge in [0.2, 0.25) is 5.88 Å². The van der Waals surface area contributed by atoms with Crippen LogP contribution in [-0.2, 0) is 24.2 Å².